The van der Waals surface area contributed by atoms with Gasteiger partial charge in [0.15, 0.2) is 5.65 Å². The maximum Gasteiger partial charge on any atom is 0.378 e. The number of H-pyrrole nitrogens is 1. The first-order valence-electron chi connectivity index (χ1n) is 5.86. The Balaban J connectivity index is 2.38. The quantitative estimate of drug-likeness (QED) is 0.702. The highest BCUT2D eigenvalue weighted by Gasteiger charge is 2.18. The number of carbonyl (C=O) groups is 1. The summed E-state index contributed by atoms with van der Waals surface area (Å²) in [6.07, 6.45) is 0. The molecule has 0 aliphatic heterocycles. The number of hydrogen-bond donors (Lipinski definition) is 1. The van der Waals surface area contributed by atoms with Gasteiger partial charge in [0.05, 0.1) is 17.5 Å². The normalized spacial score (nSPS) is 11.1. The number of carbonyl (C=O) groups excluding carboxylic acids is 1. The second kappa shape index (κ2) is 4.41. The summed E-state index contributed by atoms with van der Waals surface area (Å²) in [6.45, 7) is 1.79. The summed E-state index contributed by atoms with van der Waals surface area (Å²) in [5.74, 6) is -1.61. The van der Waals surface area contributed by atoms with E-state index in [0.717, 1.165) is 4.52 Å². The van der Waals surface area contributed by atoms with Crippen molar-refractivity contribution in [1.82, 2.24) is 19.6 Å². The Hall–Kier alpha value is -2.77. The molecule has 7 nitrogen and oxygen atoms in total. The molecule has 8 heteroatoms. The van der Waals surface area contributed by atoms with E-state index in [1.54, 1.807) is 13.0 Å². The van der Waals surface area contributed by atoms with Crippen molar-refractivity contribution in [2.24, 2.45) is 0 Å². The number of esters is 1. The fraction of sp³-hybridized carbons (Fsp3) is 0.167. The Morgan fingerprint density at radius 2 is 2.30 bits per heavy atom. The SMILES string of the molecule is CCOC(=O)c1nc2c3c(F)cccc3[nH]c(=O)n2n1. The first-order valence-corrected chi connectivity index (χ1v) is 5.86. The molecule has 0 atom stereocenters. The summed E-state index contributed by atoms with van der Waals surface area (Å²) in [7, 11) is 0. The molecule has 2 aromatic heterocycles. The average molecular weight is 276 g/mol. The lowest BCUT2D eigenvalue weighted by atomic mass is 10.2. The van der Waals surface area contributed by atoms with Crippen molar-refractivity contribution in [3.8, 4) is 0 Å². The van der Waals surface area contributed by atoms with Crippen molar-refractivity contribution in [1.29, 1.82) is 0 Å². The van der Waals surface area contributed by atoms with E-state index in [4.69, 9.17) is 4.74 Å². The molecule has 1 aromatic carbocycles. The zero-order valence-corrected chi connectivity index (χ0v) is 10.4. The summed E-state index contributed by atoms with van der Waals surface area (Å²) < 4.78 is 19.5. The van der Waals surface area contributed by atoms with Gasteiger partial charge in [0.1, 0.15) is 5.82 Å². The zero-order chi connectivity index (χ0) is 14.3. The van der Waals surface area contributed by atoms with E-state index < -0.39 is 17.5 Å². The van der Waals surface area contributed by atoms with Crippen LogP contribution in [0.5, 0.6) is 0 Å². The molecule has 0 aliphatic carbocycles. The van der Waals surface area contributed by atoms with Crippen molar-refractivity contribution in [3.63, 3.8) is 0 Å². The Morgan fingerprint density at radius 3 is 3.05 bits per heavy atom. The van der Waals surface area contributed by atoms with Gasteiger partial charge < -0.3 is 9.72 Å². The molecular formula is C12H9FN4O3. The summed E-state index contributed by atoms with van der Waals surface area (Å²) in [5.41, 5.74) is -0.351. The topological polar surface area (TPSA) is 89.3 Å². The molecule has 0 aliphatic rings. The molecule has 2 heterocycles. The van der Waals surface area contributed by atoms with Gasteiger partial charge in [-0.1, -0.05) is 6.07 Å². The van der Waals surface area contributed by atoms with Crippen molar-refractivity contribution in [2.45, 2.75) is 6.92 Å². The molecule has 0 fully saturated rings. The summed E-state index contributed by atoms with van der Waals surface area (Å²) in [6, 6.07) is 4.24. The van der Waals surface area contributed by atoms with Crippen LogP contribution in [0.1, 0.15) is 17.5 Å². The van der Waals surface area contributed by atoms with E-state index in [1.807, 2.05) is 0 Å². The number of benzene rings is 1. The molecule has 0 radical (unpaired) electrons. The Labute approximate surface area is 111 Å². The number of nitrogens with zero attached hydrogens (tertiary/aromatic N) is 3. The number of hydrogen-bond acceptors (Lipinski definition) is 5. The number of ether oxygens (including phenoxy) is 1. The first kappa shape index (κ1) is 12.3. The Morgan fingerprint density at radius 1 is 1.50 bits per heavy atom. The zero-order valence-electron chi connectivity index (χ0n) is 10.4. The lowest BCUT2D eigenvalue weighted by Crippen LogP contribution is -2.18. The van der Waals surface area contributed by atoms with E-state index in [-0.39, 0.29) is 29.0 Å². The van der Waals surface area contributed by atoms with Gasteiger partial charge in [-0.2, -0.15) is 4.52 Å². The molecule has 3 aromatic rings. The smallest absolute Gasteiger partial charge is 0.378 e. The van der Waals surface area contributed by atoms with Crippen LogP contribution in [-0.4, -0.2) is 32.2 Å². The van der Waals surface area contributed by atoms with Gasteiger partial charge in [0.25, 0.3) is 5.82 Å². The van der Waals surface area contributed by atoms with Gasteiger partial charge in [-0.25, -0.2) is 19.0 Å². The van der Waals surface area contributed by atoms with Crippen molar-refractivity contribution in [2.75, 3.05) is 6.61 Å². The van der Waals surface area contributed by atoms with E-state index in [1.165, 1.54) is 12.1 Å². The van der Waals surface area contributed by atoms with E-state index in [2.05, 4.69) is 15.1 Å². The maximum absolute atomic E-state index is 13.9. The molecule has 0 saturated heterocycles. The minimum Gasteiger partial charge on any atom is -0.460 e. The Kier molecular flexibility index (Phi) is 2.70. The van der Waals surface area contributed by atoms with Gasteiger partial charge in [-0.15, -0.1) is 5.10 Å². The van der Waals surface area contributed by atoms with E-state index >= 15 is 0 Å². The van der Waals surface area contributed by atoms with E-state index in [9.17, 15) is 14.0 Å². The minimum atomic E-state index is -0.764. The second-order valence-corrected chi connectivity index (χ2v) is 3.98. The third-order valence-corrected chi connectivity index (χ3v) is 2.74. The van der Waals surface area contributed by atoms with Crippen molar-refractivity contribution < 1.29 is 13.9 Å². The predicted molar refractivity (Wildman–Crippen MR) is 67.0 cm³/mol. The van der Waals surface area contributed by atoms with Crippen LogP contribution < -0.4 is 5.69 Å². The number of rotatable bonds is 2. The monoisotopic (exact) mass is 276 g/mol. The molecule has 102 valence electrons. The lowest BCUT2D eigenvalue weighted by molar-refractivity contribution is 0.0512. The third kappa shape index (κ3) is 1.73. The first-order chi connectivity index (χ1) is 9.61. The second-order valence-electron chi connectivity index (χ2n) is 3.98. The number of nitrogens with one attached hydrogen (secondary N) is 1. The van der Waals surface area contributed by atoms with Gasteiger partial charge in [0.2, 0.25) is 0 Å². The third-order valence-electron chi connectivity index (χ3n) is 2.74. The van der Waals surface area contributed by atoms with Gasteiger partial charge in [0, 0.05) is 0 Å². The number of aromatic nitrogens is 4. The molecular weight excluding hydrogens is 267 g/mol. The average Bonchev–Trinajstić information content (AvgIpc) is 2.84. The Bertz CT molecular complexity index is 883. The van der Waals surface area contributed by atoms with Gasteiger partial charge >= 0.3 is 11.7 Å². The van der Waals surface area contributed by atoms with Crippen LogP contribution in [0.15, 0.2) is 23.0 Å². The molecule has 3 rings (SSSR count). The highest BCUT2D eigenvalue weighted by atomic mass is 19.1. The summed E-state index contributed by atoms with van der Waals surface area (Å²) in [5, 5.41) is 3.84. The fourth-order valence-corrected chi connectivity index (χ4v) is 1.92. The van der Waals surface area contributed by atoms with Gasteiger partial charge in [-0.05, 0) is 19.1 Å². The molecule has 0 spiro atoms. The van der Waals surface area contributed by atoms with Crippen molar-refractivity contribution in [3.05, 3.63) is 40.3 Å². The molecule has 0 bridgehead atoms. The van der Waals surface area contributed by atoms with Crippen LogP contribution >= 0.6 is 0 Å². The fourth-order valence-electron chi connectivity index (χ4n) is 1.92. The van der Waals surface area contributed by atoms with Crippen LogP contribution in [-0.2, 0) is 4.74 Å². The molecule has 1 N–H and O–H groups in total. The van der Waals surface area contributed by atoms with Crippen LogP contribution in [0.3, 0.4) is 0 Å². The van der Waals surface area contributed by atoms with Crippen LogP contribution in [0, 0.1) is 5.82 Å². The standard InChI is InChI=1S/C12H9FN4O3/c1-2-20-11(18)9-15-10-8-6(13)4-3-5-7(8)14-12(19)17(10)16-9/h3-5H,2H2,1H3,(H,14,19). The number of halogens is 1. The maximum atomic E-state index is 13.9. The minimum absolute atomic E-state index is 0.0232. The van der Waals surface area contributed by atoms with Crippen LogP contribution in [0.4, 0.5) is 4.39 Å². The summed E-state index contributed by atoms with van der Waals surface area (Å²) >= 11 is 0. The molecule has 0 unspecified atom stereocenters. The highest BCUT2D eigenvalue weighted by Crippen LogP contribution is 2.18. The number of aromatic amines is 1. The van der Waals surface area contributed by atoms with Crippen molar-refractivity contribution >= 4 is 22.5 Å². The lowest BCUT2D eigenvalue weighted by Gasteiger charge is -1.99. The number of fused-ring (bicyclic) bond motifs is 3. The van der Waals surface area contributed by atoms with Gasteiger partial charge in [-0.3, -0.25) is 0 Å². The van der Waals surface area contributed by atoms with E-state index in [0.29, 0.717) is 0 Å². The highest BCUT2D eigenvalue weighted by molar-refractivity contribution is 5.93. The molecule has 20 heavy (non-hydrogen) atoms. The largest absolute Gasteiger partial charge is 0.460 e. The molecule has 0 amide bonds. The van der Waals surface area contributed by atoms with Crippen LogP contribution in [0.25, 0.3) is 16.6 Å². The predicted octanol–water partition coefficient (Wildman–Crippen LogP) is 0.887. The van der Waals surface area contributed by atoms with Crippen LogP contribution in [0.2, 0.25) is 0 Å². The summed E-state index contributed by atoms with van der Waals surface area (Å²) in [4.78, 5) is 29.8. The molecule has 0 saturated carbocycles.